The monoisotopic (exact) mass is 275 g/mol. The first-order valence-electron chi connectivity index (χ1n) is 8.14. The van der Waals surface area contributed by atoms with Gasteiger partial charge in [0, 0.05) is 13.1 Å². The van der Waals surface area contributed by atoms with E-state index >= 15 is 0 Å². The SMILES string of the molecule is C[C@H]1C[C@H](C)CN(CCCCCOc2ccccc2)C1. The molecule has 2 heteroatoms. The molecule has 1 aromatic rings. The third-order valence-electron chi connectivity index (χ3n) is 4.08. The molecule has 0 saturated carbocycles. The molecule has 112 valence electrons. The molecule has 1 saturated heterocycles. The van der Waals surface area contributed by atoms with Crippen LogP contribution in [0.4, 0.5) is 0 Å². The van der Waals surface area contributed by atoms with E-state index in [1.165, 1.54) is 38.9 Å². The molecule has 0 aliphatic carbocycles. The second kappa shape index (κ2) is 8.31. The summed E-state index contributed by atoms with van der Waals surface area (Å²) in [4.78, 5) is 2.65. The summed E-state index contributed by atoms with van der Waals surface area (Å²) in [6, 6.07) is 10.1. The molecule has 20 heavy (non-hydrogen) atoms. The van der Waals surface area contributed by atoms with E-state index in [2.05, 4.69) is 18.7 Å². The highest BCUT2D eigenvalue weighted by Crippen LogP contribution is 2.21. The van der Waals surface area contributed by atoms with Crippen molar-refractivity contribution in [3.05, 3.63) is 30.3 Å². The van der Waals surface area contributed by atoms with Gasteiger partial charge in [-0.1, -0.05) is 32.0 Å². The zero-order valence-electron chi connectivity index (χ0n) is 13.1. The fourth-order valence-electron chi connectivity index (χ4n) is 3.30. The number of nitrogens with zero attached hydrogens (tertiary/aromatic N) is 1. The zero-order valence-corrected chi connectivity index (χ0v) is 13.1. The average Bonchev–Trinajstić information content (AvgIpc) is 2.43. The van der Waals surface area contributed by atoms with E-state index in [1.807, 2.05) is 30.3 Å². The molecule has 1 aromatic carbocycles. The van der Waals surface area contributed by atoms with E-state index in [-0.39, 0.29) is 0 Å². The van der Waals surface area contributed by atoms with Crippen LogP contribution >= 0.6 is 0 Å². The first kappa shape index (κ1) is 15.4. The summed E-state index contributed by atoms with van der Waals surface area (Å²) < 4.78 is 5.72. The molecule has 1 heterocycles. The van der Waals surface area contributed by atoms with Crippen molar-refractivity contribution in [3.8, 4) is 5.75 Å². The highest BCUT2D eigenvalue weighted by Gasteiger charge is 2.20. The Hall–Kier alpha value is -1.02. The normalized spacial score (nSPS) is 23.7. The van der Waals surface area contributed by atoms with Crippen molar-refractivity contribution in [2.24, 2.45) is 11.8 Å². The van der Waals surface area contributed by atoms with Crippen molar-refractivity contribution >= 4 is 0 Å². The summed E-state index contributed by atoms with van der Waals surface area (Å²) in [7, 11) is 0. The third-order valence-corrected chi connectivity index (χ3v) is 4.08. The molecule has 2 atom stereocenters. The number of ether oxygens (including phenoxy) is 1. The Morgan fingerprint density at radius 1 is 1.00 bits per heavy atom. The molecule has 0 bridgehead atoms. The lowest BCUT2D eigenvalue weighted by molar-refractivity contribution is 0.138. The minimum absolute atomic E-state index is 0.844. The largest absolute Gasteiger partial charge is 0.494 e. The van der Waals surface area contributed by atoms with Crippen molar-refractivity contribution in [3.63, 3.8) is 0 Å². The van der Waals surface area contributed by atoms with Gasteiger partial charge in [0.25, 0.3) is 0 Å². The van der Waals surface area contributed by atoms with Crippen molar-refractivity contribution < 1.29 is 4.74 Å². The van der Waals surface area contributed by atoms with Gasteiger partial charge >= 0.3 is 0 Å². The van der Waals surface area contributed by atoms with Crippen LogP contribution < -0.4 is 4.74 Å². The van der Waals surface area contributed by atoms with Gasteiger partial charge in [-0.15, -0.1) is 0 Å². The number of hydrogen-bond acceptors (Lipinski definition) is 2. The molecule has 2 nitrogen and oxygen atoms in total. The molecule has 0 spiro atoms. The van der Waals surface area contributed by atoms with Crippen LogP contribution in [0.2, 0.25) is 0 Å². The Bertz CT molecular complexity index is 355. The lowest BCUT2D eigenvalue weighted by Gasteiger charge is -2.34. The van der Waals surface area contributed by atoms with Crippen LogP contribution in [0, 0.1) is 11.8 Å². The molecule has 0 amide bonds. The molecule has 0 aromatic heterocycles. The topological polar surface area (TPSA) is 12.5 Å². The van der Waals surface area contributed by atoms with Gasteiger partial charge in [-0.05, 0) is 56.2 Å². The van der Waals surface area contributed by atoms with Gasteiger partial charge in [0.15, 0.2) is 0 Å². The van der Waals surface area contributed by atoms with E-state index in [0.717, 1.165) is 30.6 Å². The van der Waals surface area contributed by atoms with Crippen molar-refractivity contribution in [2.45, 2.75) is 39.5 Å². The highest BCUT2D eigenvalue weighted by atomic mass is 16.5. The van der Waals surface area contributed by atoms with Crippen LogP contribution in [-0.4, -0.2) is 31.1 Å². The third kappa shape index (κ3) is 5.54. The molecule has 1 fully saturated rings. The second-order valence-electron chi connectivity index (χ2n) is 6.43. The molecule has 0 N–H and O–H groups in total. The number of para-hydroxylation sites is 1. The maximum atomic E-state index is 5.72. The van der Waals surface area contributed by atoms with Gasteiger partial charge in [-0.25, -0.2) is 0 Å². The maximum absolute atomic E-state index is 5.72. The number of likely N-dealkylation sites (tertiary alicyclic amines) is 1. The van der Waals surface area contributed by atoms with Crippen molar-refractivity contribution in [2.75, 3.05) is 26.2 Å². The van der Waals surface area contributed by atoms with Gasteiger partial charge in [-0.2, -0.15) is 0 Å². The summed E-state index contributed by atoms with van der Waals surface area (Å²) in [6.07, 6.45) is 5.14. The standard InChI is InChI=1S/C18H29NO/c1-16-13-17(2)15-19(14-16)11-7-4-8-12-20-18-9-5-3-6-10-18/h3,5-6,9-10,16-17H,4,7-8,11-15H2,1-2H3/t16-,17-/m0/s1. The van der Waals surface area contributed by atoms with E-state index in [1.54, 1.807) is 0 Å². The summed E-state index contributed by atoms with van der Waals surface area (Å²) in [6.45, 7) is 9.47. The predicted molar refractivity (Wildman–Crippen MR) is 85.2 cm³/mol. The van der Waals surface area contributed by atoms with Crippen molar-refractivity contribution in [1.29, 1.82) is 0 Å². The Balaban J connectivity index is 1.51. The summed E-state index contributed by atoms with van der Waals surface area (Å²) in [5, 5.41) is 0. The van der Waals surface area contributed by atoms with Crippen molar-refractivity contribution in [1.82, 2.24) is 4.90 Å². The molecular weight excluding hydrogens is 246 g/mol. The van der Waals surface area contributed by atoms with Gasteiger partial charge < -0.3 is 9.64 Å². The van der Waals surface area contributed by atoms with E-state index < -0.39 is 0 Å². The number of rotatable bonds is 7. The molecule has 0 unspecified atom stereocenters. The molecule has 1 aliphatic rings. The second-order valence-corrected chi connectivity index (χ2v) is 6.43. The molecular formula is C18H29NO. The maximum Gasteiger partial charge on any atom is 0.119 e. The van der Waals surface area contributed by atoms with Crippen LogP contribution in [0.3, 0.4) is 0 Å². The first-order valence-corrected chi connectivity index (χ1v) is 8.14. The Labute approximate surface area is 124 Å². The summed E-state index contributed by atoms with van der Waals surface area (Å²) >= 11 is 0. The molecule has 2 rings (SSSR count). The number of unbranched alkanes of at least 4 members (excludes halogenated alkanes) is 2. The number of piperidine rings is 1. The van der Waals surface area contributed by atoms with Gasteiger partial charge in [-0.3, -0.25) is 0 Å². The first-order chi connectivity index (χ1) is 9.74. The zero-order chi connectivity index (χ0) is 14.2. The quantitative estimate of drug-likeness (QED) is 0.691. The van der Waals surface area contributed by atoms with Gasteiger partial charge in [0.05, 0.1) is 6.61 Å². The minimum atomic E-state index is 0.844. The van der Waals surface area contributed by atoms with Gasteiger partial charge in [0.1, 0.15) is 5.75 Å². The molecule has 1 aliphatic heterocycles. The van der Waals surface area contributed by atoms with Crippen LogP contribution in [0.1, 0.15) is 39.5 Å². The fourth-order valence-corrected chi connectivity index (χ4v) is 3.30. The highest BCUT2D eigenvalue weighted by molar-refractivity contribution is 5.20. The summed E-state index contributed by atoms with van der Waals surface area (Å²) in [5.74, 6) is 2.74. The van der Waals surface area contributed by atoms with E-state index in [0.29, 0.717) is 0 Å². The smallest absolute Gasteiger partial charge is 0.119 e. The van der Waals surface area contributed by atoms with E-state index in [9.17, 15) is 0 Å². The fraction of sp³-hybridized carbons (Fsp3) is 0.667. The predicted octanol–water partition coefficient (Wildman–Crippen LogP) is 4.21. The Morgan fingerprint density at radius 3 is 2.40 bits per heavy atom. The molecule has 0 radical (unpaired) electrons. The lowest BCUT2D eigenvalue weighted by Crippen LogP contribution is -2.39. The van der Waals surface area contributed by atoms with Crippen LogP contribution in [0.5, 0.6) is 5.75 Å². The Kier molecular flexibility index (Phi) is 6.38. The summed E-state index contributed by atoms with van der Waals surface area (Å²) in [5.41, 5.74) is 0. The van der Waals surface area contributed by atoms with E-state index in [4.69, 9.17) is 4.74 Å². The van der Waals surface area contributed by atoms with Gasteiger partial charge in [0.2, 0.25) is 0 Å². The van der Waals surface area contributed by atoms with Crippen LogP contribution in [-0.2, 0) is 0 Å². The number of hydrogen-bond donors (Lipinski definition) is 0. The number of benzene rings is 1. The lowest BCUT2D eigenvalue weighted by atomic mass is 9.92. The van der Waals surface area contributed by atoms with Crippen LogP contribution in [0.25, 0.3) is 0 Å². The average molecular weight is 275 g/mol. The van der Waals surface area contributed by atoms with Crippen LogP contribution in [0.15, 0.2) is 30.3 Å². The Morgan fingerprint density at radius 2 is 1.70 bits per heavy atom. The minimum Gasteiger partial charge on any atom is -0.494 e.